The van der Waals surface area contributed by atoms with Crippen molar-refractivity contribution in [3.63, 3.8) is 0 Å². The molecule has 30 heavy (non-hydrogen) atoms. The van der Waals surface area contributed by atoms with Crippen molar-refractivity contribution in [2.45, 2.75) is 162 Å². The van der Waals surface area contributed by atoms with E-state index in [1.807, 2.05) is 0 Å². The minimum atomic E-state index is 1.18. The largest absolute Gasteiger partial charge is 0.256 e. The van der Waals surface area contributed by atoms with Gasteiger partial charge in [-0.05, 0) is 25.7 Å². The monoisotopic (exact) mass is 419 g/mol. The van der Waals surface area contributed by atoms with Crippen LogP contribution in [0.1, 0.15) is 149 Å². The first-order chi connectivity index (χ1) is 14.8. The molecular formula is C28H55N2+. The zero-order valence-electron chi connectivity index (χ0n) is 21.1. The second-order valence-electron chi connectivity index (χ2n) is 9.51. The molecule has 0 aliphatic rings. The fourth-order valence-corrected chi connectivity index (χ4v) is 4.62. The lowest BCUT2D eigenvalue weighted by molar-refractivity contribution is -0.704. The molecule has 1 rings (SSSR count). The number of aryl methyl sites for hydroxylation is 2. The number of unbranched alkanes of at least 4 members (excludes halogenated alkanes) is 16. The van der Waals surface area contributed by atoms with Gasteiger partial charge in [0, 0.05) is 6.42 Å². The number of hydrogen-bond donors (Lipinski definition) is 0. The fourth-order valence-electron chi connectivity index (χ4n) is 4.62. The zero-order valence-corrected chi connectivity index (χ0v) is 21.1. The van der Waals surface area contributed by atoms with Crippen LogP contribution in [0, 0.1) is 0 Å². The summed E-state index contributed by atoms with van der Waals surface area (Å²) in [5.41, 5.74) is 0. The summed E-state index contributed by atoms with van der Waals surface area (Å²) < 4.78 is 5.08. The minimum absolute atomic E-state index is 1.18. The third kappa shape index (κ3) is 13.5. The van der Waals surface area contributed by atoms with Crippen LogP contribution in [0.3, 0.4) is 0 Å². The molecule has 0 aliphatic heterocycles. The molecule has 0 radical (unpaired) electrons. The average Bonchev–Trinajstić information content (AvgIpc) is 3.13. The Morgan fingerprint density at radius 2 is 1.03 bits per heavy atom. The van der Waals surface area contributed by atoms with Gasteiger partial charge in [0.15, 0.2) is 0 Å². The molecule has 1 aromatic heterocycles. The molecule has 0 spiro atoms. The van der Waals surface area contributed by atoms with Crippen LogP contribution in [0.2, 0.25) is 0 Å². The van der Waals surface area contributed by atoms with E-state index >= 15 is 0 Å². The summed E-state index contributed by atoms with van der Waals surface area (Å²) >= 11 is 0. The maximum atomic E-state index is 2.56. The van der Waals surface area contributed by atoms with Crippen LogP contribution >= 0.6 is 0 Å². The maximum Gasteiger partial charge on any atom is 0.256 e. The molecule has 0 saturated carbocycles. The Morgan fingerprint density at radius 3 is 1.53 bits per heavy atom. The van der Waals surface area contributed by atoms with Crippen molar-refractivity contribution in [1.29, 1.82) is 0 Å². The van der Waals surface area contributed by atoms with Crippen molar-refractivity contribution in [2.75, 3.05) is 0 Å². The molecule has 2 nitrogen and oxygen atoms in total. The lowest BCUT2D eigenvalue weighted by Gasteiger charge is -2.06. The Hall–Kier alpha value is -0.790. The van der Waals surface area contributed by atoms with Crippen LogP contribution in [0.25, 0.3) is 0 Å². The molecule has 2 heteroatoms. The zero-order chi connectivity index (χ0) is 21.7. The highest BCUT2D eigenvalue weighted by atomic mass is 15.1. The highest BCUT2D eigenvalue weighted by molar-refractivity contribution is 4.84. The number of hydrogen-bond acceptors (Lipinski definition) is 0. The maximum absolute atomic E-state index is 2.56. The Labute approximate surface area is 189 Å². The quantitative estimate of drug-likeness (QED) is 0.131. The lowest BCUT2D eigenvalue weighted by Crippen LogP contribution is -2.37. The Balaban J connectivity index is 2.12. The van der Waals surface area contributed by atoms with E-state index in [4.69, 9.17) is 0 Å². The van der Waals surface area contributed by atoms with E-state index in [0.29, 0.717) is 0 Å². The van der Waals surface area contributed by atoms with Gasteiger partial charge in [0.05, 0.1) is 13.1 Å². The van der Waals surface area contributed by atoms with E-state index < -0.39 is 0 Å². The topological polar surface area (TPSA) is 8.81 Å². The van der Waals surface area contributed by atoms with Crippen LogP contribution in [0.15, 0.2) is 12.4 Å². The molecule has 0 N–H and O–H groups in total. The molecule has 0 aromatic carbocycles. The molecule has 0 saturated heterocycles. The van der Waals surface area contributed by atoms with Crippen molar-refractivity contribution in [3.8, 4) is 0 Å². The molecule has 0 amide bonds. The van der Waals surface area contributed by atoms with Gasteiger partial charge in [-0.15, -0.1) is 0 Å². The molecule has 0 aliphatic carbocycles. The smallest absolute Gasteiger partial charge is 0.234 e. The molecule has 0 fully saturated rings. The average molecular weight is 420 g/mol. The number of nitrogens with zero attached hydrogens (tertiary/aromatic N) is 2. The number of rotatable bonds is 22. The first-order valence-electron chi connectivity index (χ1n) is 13.9. The molecule has 0 bridgehead atoms. The molecule has 176 valence electrons. The first kappa shape index (κ1) is 27.2. The van der Waals surface area contributed by atoms with Gasteiger partial charge in [0.2, 0.25) is 0 Å². The fraction of sp³-hybridized carbons (Fsp3) is 0.893. The highest BCUT2D eigenvalue weighted by Gasteiger charge is 2.15. The Morgan fingerprint density at radius 1 is 0.567 bits per heavy atom. The summed E-state index contributed by atoms with van der Waals surface area (Å²) in [6.07, 6.45) is 32.7. The minimum Gasteiger partial charge on any atom is -0.234 e. The van der Waals surface area contributed by atoms with Gasteiger partial charge in [-0.2, -0.15) is 0 Å². The van der Waals surface area contributed by atoms with Gasteiger partial charge in [0.25, 0.3) is 5.82 Å². The Bertz CT molecular complexity index is 477. The van der Waals surface area contributed by atoms with Crippen LogP contribution < -0.4 is 4.57 Å². The molecule has 0 atom stereocenters. The van der Waals surface area contributed by atoms with Gasteiger partial charge in [-0.25, -0.2) is 9.13 Å². The van der Waals surface area contributed by atoms with E-state index in [0.717, 1.165) is 0 Å². The van der Waals surface area contributed by atoms with Crippen molar-refractivity contribution >= 4 is 0 Å². The van der Waals surface area contributed by atoms with E-state index in [1.165, 1.54) is 142 Å². The van der Waals surface area contributed by atoms with Crippen LogP contribution in [-0.2, 0) is 19.5 Å². The summed E-state index contributed by atoms with van der Waals surface area (Å²) in [6.45, 7) is 9.29. The van der Waals surface area contributed by atoms with Gasteiger partial charge >= 0.3 is 0 Å². The predicted octanol–water partition coefficient (Wildman–Crippen LogP) is 8.79. The normalized spacial score (nSPS) is 11.4. The van der Waals surface area contributed by atoms with Crippen molar-refractivity contribution in [3.05, 3.63) is 18.2 Å². The second-order valence-corrected chi connectivity index (χ2v) is 9.51. The molecule has 1 aromatic rings. The van der Waals surface area contributed by atoms with Crippen LogP contribution in [0.4, 0.5) is 0 Å². The third-order valence-corrected chi connectivity index (χ3v) is 6.56. The summed E-state index contributed by atoms with van der Waals surface area (Å²) in [6, 6.07) is 0. The lowest BCUT2D eigenvalue weighted by atomic mass is 10.0. The SMILES string of the molecule is CCCCCCCCCCCCCCCc1n(CCC)cc[n+]1CCCCCCC. The summed E-state index contributed by atoms with van der Waals surface area (Å²) in [4.78, 5) is 0. The van der Waals surface area contributed by atoms with Gasteiger partial charge < -0.3 is 0 Å². The molecular weight excluding hydrogens is 364 g/mol. The van der Waals surface area contributed by atoms with Crippen molar-refractivity contribution < 1.29 is 4.57 Å². The van der Waals surface area contributed by atoms with Crippen LogP contribution in [0.5, 0.6) is 0 Å². The van der Waals surface area contributed by atoms with Gasteiger partial charge in [-0.3, -0.25) is 0 Å². The Kier molecular flexibility index (Phi) is 18.3. The first-order valence-corrected chi connectivity index (χ1v) is 13.9. The van der Waals surface area contributed by atoms with Crippen molar-refractivity contribution in [1.82, 2.24) is 4.57 Å². The molecule has 1 heterocycles. The van der Waals surface area contributed by atoms with Crippen LogP contribution in [-0.4, -0.2) is 4.57 Å². The van der Waals surface area contributed by atoms with Gasteiger partial charge in [-0.1, -0.05) is 117 Å². The summed E-state index contributed by atoms with van der Waals surface area (Å²) in [5.74, 6) is 1.58. The van der Waals surface area contributed by atoms with E-state index in [2.05, 4.69) is 42.3 Å². The number of imidazole rings is 1. The summed E-state index contributed by atoms with van der Waals surface area (Å²) in [5, 5.41) is 0. The standard InChI is InChI=1S/C28H55N2/c1-4-7-9-11-12-13-14-15-16-17-18-19-21-23-28-29(24-6-3)26-27-30(28)25-22-20-10-8-5-2/h26-27H,4-25H2,1-3H3/q+1. The van der Waals surface area contributed by atoms with E-state index in [-0.39, 0.29) is 0 Å². The van der Waals surface area contributed by atoms with Gasteiger partial charge in [0.1, 0.15) is 12.4 Å². The second kappa shape index (κ2) is 20.1. The third-order valence-electron chi connectivity index (χ3n) is 6.56. The molecule has 0 unspecified atom stereocenters. The highest BCUT2D eigenvalue weighted by Crippen LogP contribution is 2.13. The number of aromatic nitrogens is 2. The summed E-state index contributed by atoms with van der Waals surface area (Å²) in [7, 11) is 0. The van der Waals surface area contributed by atoms with Crippen molar-refractivity contribution in [2.24, 2.45) is 0 Å². The van der Waals surface area contributed by atoms with E-state index in [1.54, 1.807) is 5.82 Å². The van der Waals surface area contributed by atoms with E-state index in [9.17, 15) is 0 Å². The predicted molar refractivity (Wildman–Crippen MR) is 133 cm³/mol.